The lowest BCUT2D eigenvalue weighted by molar-refractivity contribution is -0.138. The number of morpholine rings is 1. The maximum atomic E-state index is 13.6. The van der Waals surface area contributed by atoms with Crippen molar-refractivity contribution in [3.8, 4) is 0 Å². The van der Waals surface area contributed by atoms with E-state index in [-0.39, 0.29) is 24.6 Å². The third kappa shape index (κ3) is 5.65. The number of rotatable bonds is 8. The molecule has 2 aliphatic rings. The van der Waals surface area contributed by atoms with Gasteiger partial charge in [0.1, 0.15) is 12.6 Å². The highest BCUT2D eigenvalue weighted by molar-refractivity contribution is 6.52. The zero-order valence-electron chi connectivity index (χ0n) is 21.6. The minimum Gasteiger partial charge on any atom is -0.378 e. The number of nitrogens with zero attached hydrogens (tertiary/aromatic N) is 4. The minimum absolute atomic E-state index is 0.106. The molecule has 3 aromatic rings. The number of carbonyl (C=O) groups excluding carboxylic acids is 4. The predicted octanol–water partition coefficient (Wildman–Crippen LogP) is 2.50. The van der Waals surface area contributed by atoms with E-state index in [9.17, 15) is 19.2 Å². The molecule has 1 unspecified atom stereocenters. The molecule has 200 valence electrons. The van der Waals surface area contributed by atoms with E-state index in [1.54, 1.807) is 49.6 Å². The normalized spacial score (nSPS) is 15.6. The molecule has 1 saturated heterocycles. The maximum Gasteiger partial charge on any atom is 0.299 e. The van der Waals surface area contributed by atoms with Gasteiger partial charge >= 0.3 is 0 Å². The molecule has 10 nitrogen and oxygen atoms in total. The molecule has 2 aliphatic heterocycles. The third-order valence-corrected chi connectivity index (χ3v) is 6.93. The fourth-order valence-electron chi connectivity index (χ4n) is 4.73. The lowest BCUT2D eigenvalue weighted by Crippen LogP contribution is -2.49. The molecule has 5 rings (SSSR count). The highest BCUT2D eigenvalue weighted by atomic mass is 16.5. The van der Waals surface area contributed by atoms with Crippen molar-refractivity contribution in [2.75, 3.05) is 48.0 Å². The summed E-state index contributed by atoms with van der Waals surface area (Å²) in [4.78, 5) is 60.9. The zero-order valence-corrected chi connectivity index (χ0v) is 21.6. The van der Waals surface area contributed by atoms with Crippen LogP contribution in [-0.2, 0) is 25.7 Å². The van der Waals surface area contributed by atoms with Crippen LogP contribution in [0.15, 0.2) is 73.1 Å². The second-order valence-corrected chi connectivity index (χ2v) is 9.43. The first-order valence-corrected chi connectivity index (χ1v) is 12.8. The largest absolute Gasteiger partial charge is 0.378 e. The molecular formula is C29H29N5O5. The Balaban J connectivity index is 1.32. The van der Waals surface area contributed by atoms with Gasteiger partial charge in [0, 0.05) is 43.4 Å². The van der Waals surface area contributed by atoms with E-state index in [4.69, 9.17) is 4.74 Å². The molecule has 1 fully saturated rings. The number of anilines is 3. The molecule has 0 aliphatic carbocycles. The standard InChI is InChI=1S/C29H29N5O5/c1-20(28(37)31-22-8-10-23(11-9-22)32-13-15-39-16-14-32)33(18-21-5-4-12-30-17-21)26(35)19-34-25-7-3-2-6-24(25)27(36)29(34)38/h2-12,17,20H,13-16,18-19H2,1H3,(H,31,37). The number of hydrogen-bond acceptors (Lipinski definition) is 7. The van der Waals surface area contributed by atoms with Crippen molar-refractivity contribution in [3.05, 3.63) is 84.2 Å². The fourth-order valence-corrected chi connectivity index (χ4v) is 4.73. The Labute approximate surface area is 226 Å². The average molecular weight is 528 g/mol. The summed E-state index contributed by atoms with van der Waals surface area (Å²) in [5, 5.41) is 2.89. The van der Waals surface area contributed by atoms with Gasteiger partial charge < -0.3 is 19.9 Å². The van der Waals surface area contributed by atoms with E-state index in [1.165, 1.54) is 9.80 Å². The maximum absolute atomic E-state index is 13.6. The van der Waals surface area contributed by atoms with Crippen molar-refractivity contribution in [2.24, 2.45) is 0 Å². The van der Waals surface area contributed by atoms with Gasteiger partial charge in [-0.2, -0.15) is 0 Å². The van der Waals surface area contributed by atoms with Crippen molar-refractivity contribution in [2.45, 2.75) is 19.5 Å². The molecule has 39 heavy (non-hydrogen) atoms. The number of benzene rings is 2. The van der Waals surface area contributed by atoms with Gasteiger partial charge in [0.05, 0.1) is 24.5 Å². The number of para-hydroxylation sites is 1. The Bertz CT molecular complexity index is 1370. The van der Waals surface area contributed by atoms with Gasteiger partial charge in [-0.25, -0.2) is 0 Å². The topological polar surface area (TPSA) is 112 Å². The van der Waals surface area contributed by atoms with Crippen molar-refractivity contribution in [3.63, 3.8) is 0 Å². The molecule has 0 spiro atoms. The first-order chi connectivity index (χ1) is 18.9. The van der Waals surface area contributed by atoms with Crippen LogP contribution in [0.3, 0.4) is 0 Å². The molecule has 1 atom stereocenters. The van der Waals surface area contributed by atoms with Crippen LogP contribution in [-0.4, -0.2) is 72.3 Å². The second kappa shape index (κ2) is 11.4. The van der Waals surface area contributed by atoms with Gasteiger partial charge in [0.2, 0.25) is 11.8 Å². The first kappa shape index (κ1) is 26.1. The molecule has 3 heterocycles. The van der Waals surface area contributed by atoms with Gasteiger partial charge in [-0.3, -0.25) is 29.1 Å². The molecule has 3 amide bonds. The van der Waals surface area contributed by atoms with E-state index >= 15 is 0 Å². The number of nitrogens with one attached hydrogen (secondary N) is 1. The highest BCUT2D eigenvalue weighted by Gasteiger charge is 2.38. The van der Waals surface area contributed by atoms with Gasteiger partial charge in [-0.15, -0.1) is 0 Å². The number of aromatic nitrogens is 1. The molecule has 0 bridgehead atoms. The first-order valence-electron chi connectivity index (χ1n) is 12.8. The number of ether oxygens (including phenoxy) is 1. The third-order valence-electron chi connectivity index (χ3n) is 6.93. The summed E-state index contributed by atoms with van der Waals surface area (Å²) in [6.07, 6.45) is 3.24. The van der Waals surface area contributed by atoms with Gasteiger partial charge in [-0.1, -0.05) is 18.2 Å². The Hall–Kier alpha value is -4.57. The van der Waals surface area contributed by atoms with Gasteiger partial charge in [-0.05, 0) is 55.0 Å². The number of hydrogen-bond donors (Lipinski definition) is 1. The number of fused-ring (bicyclic) bond motifs is 1. The van der Waals surface area contributed by atoms with Crippen molar-refractivity contribution < 1.29 is 23.9 Å². The van der Waals surface area contributed by atoms with E-state index in [2.05, 4.69) is 15.2 Å². The minimum atomic E-state index is -0.875. The summed E-state index contributed by atoms with van der Waals surface area (Å²) >= 11 is 0. The SMILES string of the molecule is CC(C(=O)Nc1ccc(N2CCOCC2)cc1)N(Cc1cccnc1)C(=O)CN1C(=O)C(=O)c2ccccc21. The number of ketones is 1. The van der Waals surface area contributed by atoms with Crippen LogP contribution in [0, 0.1) is 0 Å². The summed E-state index contributed by atoms with van der Waals surface area (Å²) in [5.41, 5.74) is 3.03. The van der Waals surface area contributed by atoms with Crippen LogP contribution in [0.5, 0.6) is 0 Å². The summed E-state index contributed by atoms with van der Waals surface area (Å²) < 4.78 is 5.41. The quantitative estimate of drug-likeness (QED) is 0.448. The lowest BCUT2D eigenvalue weighted by atomic mass is 10.1. The van der Waals surface area contributed by atoms with E-state index in [0.29, 0.717) is 24.6 Å². The van der Waals surface area contributed by atoms with Crippen LogP contribution in [0.4, 0.5) is 17.1 Å². The number of amides is 3. The summed E-state index contributed by atoms with van der Waals surface area (Å²) in [6.45, 7) is 4.35. The summed E-state index contributed by atoms with van der Waals surface area (Å²) in [5.74, 6) is -2.26. The fraction of sp³-hybridized carbons (Fsp3) is 0.276. The lowest BCUT2D eigenvalue weighted by Gasteiger charge is -2.30. The van der Waals surface area contributed by atoms with E-state index in [1.807, 2.05) is 30.3 Å². The monoisotopic (exact) mass is 527 g/mol. The predicted molar refractivity (Wildman–Crippen MR) is 145 cm³/mol. The second-order valence-electron chi connectivity index (χ2n) is 9.43. The van der Waals surface area contributed by atoms with Crippen LogP contribution in [0.25, 0.3) is 0 Å². The Kier molecular flexibility index (Phi) is 7.64. The molecule has 1 aromatic heterocycles. The van der Waals surface area contributed by atoms with Crippen LogP contribution >= 0.6 is 0 Å². The van der Waals surface area contributed by atoms with Crippen molar-refractivity contribution >= 4 is 40.6 Å². The zero-order chi connectivity index (χ0) is 27.4. The van der Waals surface area contributed by atoms with Crippen LogP contribution in [0.1, 0.15) is 22.8 Å². The smallest absolute Gasteiger partial charge is 0.299 e. The van der Waals surface area contributed by atoms with Crippen LogP contribution < -0.4 is 15.1 Å². The Morgan fingerprint density at radius 1 is 1.03 bits per heavy atom. The summed E-state index contributed by atoms with van der Waals surface area (Å²) in [7, 11) is 0. The molecule has 1 N–H and O–H groups in total. The molecule has 0 saturated carbocycles. The molecule has 2 aromatic carbocycles. The number of carbonyl (C=O) groups is 4. The van der Waals surface area contributed by atoms with Crippen molar-refractivity contribution in [1.82, 2.24) is 9.88 Å². The Morgan fingerprint density at radius 2 is 1.77 bits per heavy atom. The highest BCUT2D eigenvalue weighted by Crippen LogP contribution is 2.28. The van der Waals surface area contributed by atoms with Crippen molar-refractivity contribution in [1.29, 1.82) is 0 Å². The van der Waals surface area contributed by atoms with Gasteiger partial charge in [0.15, 0.2) is 0 Å². The molecule has 10 heteroatoms. The van der Waals surface area contributed by atoms with E-state index < -0.39 is 23.6 Å². The van der Waals surface area contributed by atoms with E-state index in [0.717, 1.165) is 24.3 Å². The summed E-state index contributed by atoms with van der Waals surface area (Å²) in [6, 6.07) is 16.8. The molecular weight excluding hydrogens is 498 g/mol. The number of Topliss-reactive ketones (excluding diaryl/α,β-unsaturated/α-hetero) is 1. The molecule has 0 radical (unpaired) electrons. The number of pyridine rings is 1. The van der Waals surface area contributed by atoms with Gasteiger partial charge in [0.25, 0.3) is 11.7 Å². The van der Waals surface area contributed by atoms with Crippen LogP contribution in [0.2, 0.25) is 0 Å². The Morgan fingerprint density at radius 3 is 2.49 bits per heavy atom. The average Bonchev–Trinajstić information content (AvgIpc) is 3.21.